The minimum Gasteiger partial charge on any atom is -0.455 e. The Morgan fingerprint density at radius 3 is 1.81 bits per heavy atom. The first-order valence-electron chi connectivity index (χ1n) is 21.3. The minimum absolute atomic E-state index is 0.0408. The fraction of sp³-hybridized carbons (Fsp3) is 0.0508. The maximum absolute atomic E-state index is 6.63. The summed E-state index contributed by atoms with van der Waals surface area (Å²) in [5, 5.41) is 4.60. The fourth-order valence-electron chi connectivity index (χ4n) is 9.76. The lowest BCUT2D eigenvalue weighted by Gasteiger charge is -2.21. The third-order valence-electron chi connectivity index (χ3n) is 12.9. The molecule has 0 saturated heterocycles. The summed E-state index contributed by atoms with van der Waals surface area (Å²) in [6.45, 7) is 4.66. The van der Waals surface area contributed by atoms with Crippen molar-refractivity contribution in [1.82, 2.24) is 9.97 Å². The van der Waals surface area contributed by atoms with Crippen LogP contribution in [0.15, 0.2) is 211 Å². The number of aromatic nitrogens is 2. The molecule has 12 rings (SSSR count). The highest BCUT2D eigenvalue weighted by atomic mass is 16.3. The molecule has 0 N–H and O–H groups in total. The van der Waals surface area contributed by atoms with E-state index in [-0.39, 0.29) is 5.41 Å². The van der Waals surface area contributed by atoms with E-state index in [1.165, 1.54) is 38.6 Å². The highest BCUT2D eigenvalue weighted by molar-refractivity contribution is 6.10. The average Bonchev–Trinajstić information content (AvgIpc) is 3.83. The molecule has 3 nitrogen and oxygen atoms in total. The summed E-state index contributed by atoms with van der Waals surface area (Å²) >= 11 is 0. The average molecular weight is 793 g/mol. The van der Waals surface area contributed by atoms with E-state index in [4.69, 9.17) is 14.4 Å². The maximum atomic E-state index is 6.63. The molecule has 2 heterocycles. The van der Waals surface area contributed by atoms with Gasteiger partial charge in [-0.2, -0.15) is 0 Å². The molecule has 0 bridgehead atoms. The Balaban J connectivity index is 1.05. The first-order valence-corrected chi connectivity index (χ1v) is 21.3. The van der Waals surface area contributed by atoms with Crippen molar-refractivity contribution in [3.8, 4) is 78.4 Å². The molecule has 0 aliphatic heterocycles. The molecule has 3 heteroatoms. The van der Waals surface area contributed by atoms with Gasteiger partial charge in [-0.3, -0.25) is 0 Å². The van der Waals surface area contributed by atoms with Gasteiger partial charge in [0, 0.05) is 38.4 Å². The van der Waals surface area contributed by atoms with Crippen molar-refractivity contribution in [3.05, 3.63) is 217 Å². The van der Waals surface area contributed by atoms with Crippen LogP contribution in [-0.2, 0) is 5.41 Å². The van der Waals surface area contributed by atoms with Crippen LogP contribution in [-0.4, -0.2) is 9.97 Å². The predicted molar refractivity (Wildman–Crippen MR) is 257 cm³/mol. The Kier molecular flexibility index (Phi) is 8.20. The lowest BCUT2D eigenvalue weighted by molar-refractivity contribution is 0.660. The van der Waals surface area contributed by atoms with Crippen LogP contribution < -0.4 is 0 Å². The van der Waals surface area contributed by atoms with Crippen LogP contribution in [0.1, 0.15) is 25.0 Å². The van der Waals surface area contributed by atoms with Gasteiger partial charge < -0.3 is 4.42 Å². The second kappa shape index (κ2) is 14.1. The van der Waals surface area contributed by atoms with E-state index < -0.39 is 0 Å². The number of furan rings is 1. The second-order valence-corrected chi connectivity index (χ2v) is 16.9. The molecular weight excluding hydrogens is 753 g/mol. The summed E-state index contributed by atoms with van der Waals surface area (Å²) in [5.74, 6) is 0.677. The van der Waals surface area contributed by atoms with Crippen molar-refractivity contribution in [3.63, 3.8) is 0 Å². The van der Waals surface area contributed by atoms with E-state index in [2.05, 4.69) is 190 Å². The summed E-state index contributed by atoms with van der Waals surface area (Å²) in [7, 11) is 0. The molecule has 1 aliphatic rings. The van der Waals surface area contributed by atoms with Crippen LogP contribution in [0.3, 0.4) is 0 Å². The third kappa shape index (κ3) is 5.89. The van der Waals surface area contributed by atoms with Crippen LogP contribution in [0.2, 0.25) is 0 Å². The number of rotatable bonds is 6. The molecule has 0 fully saturated rings. The normalized spacial score (nSPS) is 12.8. The van der Waals surface area contributed by atoms with Crippen LogP contribution >= 0.6 is 0 Å². The van der Waals surface area contributed by atoms with E-state index >= 15 is 0 Å². The molecular formula is C59H40N2O. The number of hydrogen-bond donors (Lipinski definition) is 0. The standard InChI is InChI=1S/C59H40N2O/c1-59(2)52-27-10-8-22-48(52)51-35-40(29-30-53(51)59)39-19-12-20-41(31-39)54-36-55(61-58(60-54)38-16-4-3-5-17-38)44-33-42(46-24-13-18-37-15-6-7-21-45(37)46)32-43(34-44)47-25-14-26-50-49-23-9-11-28-56(49)62-57(47)50/h3-36H,1-2H3. The number of para-hydroxylation sites is 2. The summed E-state index contributed by atoms with van der Waals surface area (Å²) in [4.78, 5) is 10.6. The Labute approximate surface area is 360 Å². The van der Waals surface area contributed by atoms with Crippen molar-refractivity contribution in [2.75, 3.05) is 0 Å². The zero-order valence-electron chi connectivity index (χ0n) is 34.4. The van der Waals surface area contributed by atoms with Gasteiger partial charge >= 0.3 is 0 Å². The van der Waals surface area contributed by atoms with Gasteiger partial charge in [0.05, 0.1) is 11.4 Å². The van der Waals surface area contributed by atoms with Crippen molar-refractivity contribution in [1.29, 1.82) is 0 Å². The topological polar surface area (TPSA) is 38.9 Å². The lowest BCUT2D eigenvalue weighted by Crippen LogP contribution is -2.14. The minimum atomic E-state index is -0.0408. The van der Waals surface area contributed by atoms with Gasteiger partial charge in [-0.1, -0.05) is 178 Å². The molecule has 0 spiro atoms. The molecule has 0 saturated carbocycles. The molecule has 62 heavy (non-hydrogen) atoms. The van der Waals surface area contributed by atoms with Gasteiger partial charge in [-0.15, -0.1) is 0 Å². The number of hydrogen-bond acceptors (Lipinski definition) is 3. The van der Waals surface area contributed by atoms with Gasteiger partial charge in [0.1, 0.15) is 11.2 Å². The van der Waals surface area contributed by atoms with E-state index in [0.717, 1.165) is 77.8 Å². The molecule has 292 valence electrons. The van der Waals surface area contributed by atoms with Gasteiger partial charge in [0.15, 0.2) is 5.82 Å². The fourth-order valence-corrected chi connectivity index (χ4v) is 9.76. The molecule has 2 aromatic heterocycles. The van der Waals surface area contributed by atoms with Crippen molar-refractivity contribution >= 4 is 32.7 Å². The molecule has 11 aromatic rings. The molecule has 0 unspecified atom stereocenters. The Morgan fingerprint density at radius 2 is 0.919 bits per heavy atom. The highest BCUT2D eigenvalue weighted by Crippen LogP contribution is 2.50. The van der Waals surface area contributed by atoms with E-state index in [0.29, 0.717) is 5.82 Å². The maximum Gasteiger partial charge on any atom is 0.160 e. The Bertz CT molecular complexity index is 3550. The zero-order chi connectivity index (χ0) is 41.4. The van der Waals surface area contributed by atoms with E-state index in [9.17, 15) is 0 Å². The molecule has 9 aromatic carbocycles. The molecule has 0 amide bonds. The molecule has 0 radical (unpaired) electrons. The first-order chi connectivity index (χ1) is 30.5. The van der Waals surface area contributed by atoms with Crippen molar-refractivity contribution < 1.29 is 4.42 Å². The zero-order valence-corrected chi connectivity index (χ0v) is 34.4. The van der Waals surface area contributed by atoms with E-state index in [1.54, 1.807) is 0 Å². The lowest BCUT2D eigenvalue weighted by atomic mass is 9.82. The summed E-state index contributed by atoms with van der Waals surface area (Å²) < 4.78 is 6.63. The van der Waals surface area contributed by atoms with Crippen LogP contribution in [0, 0.1) is 0 Å². The van der Waals surface area contributed by atoms with Gasteiger partial charge in [-0.25, -0.2) is 9.97 Å². The van der Waals surface area contributed by atoms with Gasteiger partial charge in [0.2, 0.25) is 0 Å². The predicted octanol–water partition coefficient (Wildman–Crippen LogP) is 15.8. The van der Waals surface area contributed by atoms with Gasteiger partial charge in [0.25, 0.3) is 0 Å². The smallest absolute Gasteiger partial charge is 0.160 e. The number of benzene rings is 9. The highest BCUT2D eigenvalue weighted by Gasteiger charge is 2.35. The van der Waals surface area contributed by atoms with Gasteiger partial charge in [-0.05, 0) is 103 Å². The Morgan fingerprint density at radius 1 is 0.355 bits per heavy atom. The molecule has 1 aliphatic carbocycles. The van der Waals surface area contributed by atoms with Crippen LogP contribution in [0.5, 0.6) is 0 Å². The second-order valence-electron chi connectivity index (χ2n) is 16.9. The SMILES string of the molecule is CC1(C)c2ccccc2-c2cc(-c3cccc(-c4cc(-c5cc(-c6cccc7ccccc67)cc(-c6cccc7c6oc6ccccc67)c5)nc(-c5ccccc5)n4)c3)ccc21. The van der Waals surface area contributed by atoms with Crippen molar-refractivity contribution in [2.24, 2.45) is 0 Å². The number of fused-ring (bicyclic) bond motifs is 7. The van der Waals surface area contributed by atoms with Crippen molar-refractivity contribution in [2.45, 2.75) is 19.3 Å². The summed E-state index contributed by atoms with van der Waals surface area (Å²) in [6, 6.07) is 73.8. The largest absolute Gasteiger partial charge is 0.455 e. The summed E-state index contributed by atoms with van der Waals surface area (Å²) in [6.07, 6.45) is 0. The monoisotopic (exact) mass is 792 g/mol. The van der Waals surface area contributed by atoms with Crippen LogP contribution in [0.25, 0.3) is 111 Å². The summed E-state index contributed by atoms with van der Waals surface area (Å²) in [5.41, 5.74) is 18.5. The number of nitrogens with zero attached hydrogens (tertiary/aromatic N) is 2. The first kappa shape index (κ1) is 36.0. The Hall–Kier alpha value is -7.88. The molecule has 0 atom stereocenters. The quantitative estimate of drug-likeness (QED) is 0.168. The third-order valence-corrected chi connectivity index (χ3v) is 12.9. The van der Waals surface area contributed by atoms with Crippen LogP contribution in [0.4, 0.5) is 0 Å². The van der Waals surface area contributed by atoms with E-state index in [1.807, 2.05) is 30.3 Å².